The first-order chi connectivity index (χ1) is 14.1. The average molecular weight is 394 g/mol. The van der Waals surface area contributed by atoms with Crippen LogP contribution in [0.15, 0.2) is 45.3 Å². The molecule has 3 heterocycles. The molecule has 1 aliphatic heterocycles. The van der Waals surface area contributed by atoms with Gasteiger partial charge in [-0.1, -0.05) is 22.9 Å². The van der Waals surface area contributed by atoms with Gasteiger partial charge < -0.3 is 14.3 Å². The number of aryl methyl sites for hydroxylation is 2. The maximum absolute atomic E-state index is 12.6. The van der Waals surface area contributed by atoms with Gasteiger partial charge in [0.15, 0.2) is 5.82 Å². The molecule has 3 aromatic rings. The van der Waals surface area contributed by atoms with Gasteiger partial charge in [-0.3, -0.25) is 9.69 Å². The van der Waals surface area contributed by atoms with Crippen LogP contribution in [0.1, 0.15) is 35.7 Å². The fraction of sp³-hybridized carbons (Fsp3) is 0.409. The maximum atomic E-state index is 12.6. The second-order valence-electron chi connectivity index (χ2n) is 7.69. The van der Waals surface area contributed by atoms with Crippen LogP contribution < -0.4 is 5.32 Å². The minimum absolute atomic E-state index is 0.0386. The number of furan rings is 1. The number of benzene rings is 1. The highest BCUT2D eigenvalue weighted by atomic mass is 16.5. The van der Waals surface area contributed by atoms with E-state index in [1.54, 1.807) is 0 Å². The molecule has 152 valence electrons. The van der Waals surface area contributed by atoms with Gasteiger partial charge in [0.1, 0.15) is 11.5 Å². The number of carbonyl (C=O) groups is 1. The van der Waals surface area contributed by atoms with Crippen molar-refractivity contribution in [3.63, 3.8) is 0 Å². The summed E-state index contributed by atoms with van der Waals surface area (Å²) in [6, 6.07) is 11.8. The number of carbonyl (C=O) groups excluding carboxylic acids is 1. The van der Waals surface area contributed by atoms with E-state index in [1.165, 1.54) is 5.56 Å². The quantitative estimate of drug-likeness (QED) is 0.689. The zero-order valence-electron chi connectivity index (χ0n) is 16.9. The number of nitrogens with one attached hydrogen (secondary N) is 1. The standard InChI is InChI=1S/C22H26N4O3/c1-15-5-8-17(9-6-15)22-24-20(25-29-22)14-26-11-3-4-18(13-26)21(27)23-12-19-10-7-16(2)28-19/h5-10,18H,3-4,11-14H2,1-2H3,(H,23,27). The van der Waals surface area contributed by atoms with E-state index in [-0.39, 0.29) is 11.8 Å². The van der Waals surface area contributed by atoms with Crippen molar-refractivity contribution in [2.24, 2.45) is 5.92 Å². The molecule has 1 amide bonds. The third-order valence-electron chi connectivity index (χ3n) is 5.24. The highest BCUT2D eigenvalue weighted by Crippen LogP contribution is 2.21. The molecule has 1 aromatic carbocycles. The van der Waals surface area contributed by atoms with Crippen LogP contribution >= 0.6 is 0 Å². The van der Waals surface area contributed by atoms with Gasteiger partial charge in [0.25, 0.3) is 5.89 Å². The SMILES string of the molecule is Cc1ccc(-c2nc(CN3CCCC(C(=O)NCc4ccc(C)o4)C3)no2)cc1. The Kier molecular flexibility index (Phi) is 5.76. The van der Waals surface area contributed by atoms with E-state index in [0.29, 0.717) is 31.3 Å². The summed E-state index contributed by atoms with van der Waals surface area (Å²) < 4.78 is 10.9. The predicted octanol–water partition coefficient (Wildman–Crippen LogP) is 3.47. The van der Waals surface area contributed by atoms with Crippen molar-refractivity contribution in [1.82, 2.24) is 20.4 Å². The third-order valence-corrected chi connectivity index (χ3v) is 5.24. The molecular formula is C22H26N4O3. The number of amides is 1. The van der Waals surface area contributed by atoms with Crippen molar-refractivity contribution in [2.75, 3.05) is 13.1 Å². The molecule has 0 saturated carbocycles. The Labute approximate surface area is 170 Å². The zero-order chi connectivity index (χ0) is 20.2. The number of rotatable bonds is 6. The first kappa shape index (κ1) is 19.4. The first-order valence-electron chi connectivity index (χ1n) is 10.0. The highest BCUT2D eigenvalue weighted by Gasteiger charge is 2.26. The number of aromatic nitrogens is 2. The molecule has 0 spiro atoms. The summed E-state index contributed by atoms with van der Waals surface area (Å²) in [6.07, 6.45) is 1.86. The van der Waals surface area contributed by atoms with Crippen LogP contribution in [0.25, 0.3) is 11.5 Å². The number of hydrogen-bond donors (Lipinski definition) is 1. The normalized spacial score (nSPS) is 17.4. The first-order valence-corrected chi connectivity index (χ1v) is 10.0. The summed E-state index contributed by atoms with van der Waals surface area (Å²) in [7, 11) is 0. The smallest absolute Gasteiger partial charge is 0.257 e. The lowest BCUT2D eigenvalue weighted by atomic mass is 9.97. The maximum Gasteiger partial charge on any atom is 0.257 e. The minimum Gasteiger partial charge on any atom is -0.465 e. The van der Waals surface area contributed by atoms with Gasteiger partial charge in [-0.05, 0) is 57.5 Å². The van der Waals surface area contributed by atoms with Gasteiger partial charge in [0.2, 0.25) is 5.91 Å². The molecule has 2 aromatic heterocycles. The van der Waals surface area contributed by atoms with E-state index >= 15 is 0 Å². The summed E-state index contributed by atoms with van der Waals surface area (Å²) in [5, 5.41) is 7.10. The number of nitrogens with zero attached hydrogens (tertiary/aromatic N) is 3. The molecule has 1 N–H and O–H groups in total. The fourth-order valence-corrected chi connectivity index (χ4v) is 3.64. The molecule has 4 rings (SSSR count). The second kappa shape index (κ2) is 8.61. The van der Waals surface area contributed by atoms with E-state index in [4.69, 9.17) is 8.94 Å². The Morgan fingerprint density at radius 3 is 2.79 bits per heavy atom. The van der Waals surface area contributed by atoms with E-state index < -0.39 is 0 Å². The minimum atomic E-state index is -0.0386. The summed E-state index contributed by atoms with van der Waals surface area (Å²) >= 11 is 0. The summed E-state index contributed by atoms with van der Waals surface area (Å²) in [5.41, 5.74) is 2.10. The molecule has 7 heteroatoms. The van der Waals surface area contributed by atoms with Crippen molar-refractivity contribution in [2.45, 2.75) is 39.8 Å². The number of piperidine rings is 1. The van der Waals surface area contributed by atoms with Gasteiger partial charge in [0, 0.05) is 12.1 Å². The van der Waals surface area contributed by atoms with E-state index in [2.05, 4.69) is 20.4 Å². The molecule has 7 nitrogen and oxygen atoms in total. The van der Waals surface area contributed by atoms with Crippen LogP contribution in [0.2, 0.25) is 0 Å². The Morgan fingerprint density at radius 2 is 2.03 bits per heavy atom. The number of likely N-dealkylation sites (tertiary alicyclic amines) is 1. The van der Waals surface area contributed by atoms with Crippen LogP contribution in [0.4, 0.5) is 0 Å². The average Bonchev–Trinajstić information content (AvgIpc) is 3.36. The van der Waals surface area contributed by atoms with E-state index in [9.17, 15) is 4.79 Å². The monoisotopic (exact) mass is 394 g/mol. The Hall–Kier alpha value is -2.93. The topological polar surface area (TPSA) is 84.4 Å². The van der Waals surface area contributed by atoms with Crippen molar-refractivity contribution >= 4 is 5.91 Å². The zero-order valence-corrected chi connectivity index (χ0v) is 16.9. The molecule has 1 unspecified atom stereocenters. The Balaban J connectivity index is 1.31. The molecule has 1 fully saturated rings. The lowest BCUT2D eigenvalue weighted by molar-refractivity contribution is -0.127. The van der Waals surface area contributed by atoms with E-state index in [1.807, 2.05) is 50.2 Å². The van der Waals surface area contributed by atoms with Gasteiger partial charge in [0.05, 0.1) is 19.0 Å². The van der Waals surface area contributed by atoms with Gasteiger partial charge in [-0.15, -0.1) is 0 Å². The molecule has 1 atom stereocenters. The van der Waals surface area contributed by atoms with Crippen LogP contribution in [0.5, 0.6) is 0 Å². The lowest BCUT2D eigenvalue weighted by Crippen LogP contribution is -2.42. The van der Waals surface area contributed by atoms with Crippen molar-refractivity contribution in [3.8, 4) is 11.5 Å². The predicted molar refractivity (Wildman–Crippen MR) is 108 cm³/mol. The van der Waals surface area contributed by atoms with Crippen LogP contribution in [-0.2, 0) is 17.9 Å². The lowest BCUT2D eigenvalue weighted by Gasteiger charge is -2.30. The molecular weight excluding hydrogens is 368 g/mol. The Bertz CT molecular complexity index is 961. The van der Waals surface area contributed by atoms with Gasteiger partial charge in [-0.2, -0.15) is 4.98 Å². The van der Waals surface area contributed by atoms with Crippen LogP contribution in [0.3, 0.4) is 0 Å². The molecule has 0 bridgehead atoms. The van der Waals surface area contributed by atoms with Crippen molar-refractivity contribution < 1.29 is 13.7 Å². The molecule has 0 aliphatic carbocycles. The molecule has 1 aliphatic rings. The largest absolute Gasteiger partial charge is 0.465 e. The number of hydrogen-bond acceptors (Lipinski definition) is 6. The summed E-state index contributed by atoms with van der Waals surface area (Å²) in [4.78, 5) is 19.3. The van der Waals surface area contributed by atoms with E-state index in [0.717, 1.165) is 36.5 Å². The summed E-state index contributed by atoms with van der Waals surface area (Å²) in [5.74, 6) is 2.83. The highest BCUT2D eigenvalue weighted by molar-refractivity contribution is 5.78. The van der Waals surface area contributed by atoms with Crippen molar-refractivity contribution in [1.29, 1.82) is 0 Å². The third kappa shape index (κ3) is 4.92. The van der Waals surface area contributed by atoms with Crippen molar-refractivity contribution in [3.05, 3.63) is 59.3 Å². The second-order valence-corrected chi connectivity index (χ2v) is 7.69. The fourth-order valence-electron chi connectivity index (χ4n) is 3.64. The van der Waals surface area contributed by atoms with Gasteiger partial charge >= 0.3 is 0 Å². The van der Waals surface area contributed by atoms with Crippen LogP contribution in [0, 0.1) is 19.8 Å². The molecule has 29 heavy (non-hydrogen) atoms. The summed E-state index contributed by atoms with van der Waals surface area (Å²) in [6.45, 7) is 6.56. The molecule has 1 saturated heterocycles. The van der Waals surface area contributed by atoms with Crippen LogP contribution in [-0.4, -0.2) is 34.0 Å². The Morgan fingerprint density at radius 1 is 1.21 bits per heavy atom. The molecule has 0 radical (unpaired) electrons. The van der Waals surface area contributed by atoms with Gasteiger partial charge in [-0.25, -0.2) is 0 Å².